The van der Waals surface area contributed by atoms with Crippen molar-refractivity contribution in [1.82, 2.24) is 4.98 Å². The molecule has 0 unspecified atom stereocenters. The summed E-state index contributed by atoms with van der Waals surface area (Å²) in [6.45, 7) is -0.537. The predicted molar refractivity (Wildman–Crippen MR) is 46.0 cm³/mol. The summed E-state index contributed by atoms with van der Waals surface area (Å²) in [4.78, 5) is 3.44. The molecule has 0 aliphatic carbocycles. The van der Waals surface area contributed by atoms with E-state index in [9.17, 15) is 13.2 Å². The van der Waals surface area contributed by atoms with Gasteiger partial charge in [0.2, 0.25) is 0 Å². The van der Waals surface area contributed by atoms with Gasteiger partial charge in [0, 0.05) is 0 Å². The van der Waals surface area contributed by atoms with Gasteiger partial charge in [0.1, 0.15) is 11.6 Å². The summed E-state index contributed by atoms with van der Waals surface area (Å²) >= 11 is 0. The van der Waals surface area contributed by atoms with Crippen LogP contribution >= 0.6 is 0 Å². The van der Waals surface area contributed by atoms with Gasteiger partial charge in [0.15, 0.2) is 11.6 Å². The van der Waals surface area contributed by atoms with E-state index in [1.54, 1.807) is 0 Å². The number of nitriles is 1. The fourth-order valence-electron chi connectivity index (χ4n) is 0.995. The summed E-state index contributed by atoms with van der Waals surface area (Å²) in [5.74, 6) is -1.45. The Morgan fingerprint density at radius 1 is 1.56 bits per heavy atom. The molecule has 0 aliphatic heterocycles. The number of aliphatic hydroxyl groups excluding tert-OH is 1. The monoisotopic (exact) mass is 233 g/mol. The molecule has 0 fully saturated rings. The Balaban J connectivity index is 3.23. The molecule has 1 aromatic heterocycles. The van der Waals surface area contributed by atoms with Crippen molar-refractivity contribution in [2.75, 3.05) is 5.73 Å². The number of hydrogen-bond acceptors (Lipinski definition) is 5. The Morgan fingerprint density at radius 3 is 2.62 bits per heavy atom. The molecule has 8 heteroatoms. The van der Waals surface area contributed by atoms with Crippen LogP contribution in [-0.2, 0) is 6.61 Å². The first-order chi connectivity index (χ1) is 7.37. The maximum atomic E-state index is 12.0. The Kier molecular flexibility index (Phi) is 3.20. The van der Waals surface area contributed by atoms with Crippen LogP contribution in [0.25, 0.3) is 0 Å². The van der Waals surface area contributed by atoms with Crippen molar-refractivity contribution < 1.29 is 23.0 Å². The topological polar surface area (TPSA) is 92.2 Å². The van der Waals surface area contributed by atoms with Gasteiger partial charge < -0.3 is 15.6 Å². The number of nitrogen functional groups attached to an aromatic ring is 1. The number of alkyl halides is 3. The van der Waals surface area contributed by atoms with Crippen LogP contribution in [0.5, 0.6) is 5.75 Å². The minimum atomic E-state index is -4.96. The average molecular weight is 233 g/mol. The molecule has 0 saturated carbocycles. The fraction of sp³-hybridized carbons (Fsp3) is 0.250. The number of anilines is 1. The highest BCUT2D eigenvalue weighted by Crippen LogP contribution is 2.30. The Labute approximate surface area is 87.9 Å². The number of nitrogens with zero attached hydrogens (tertiary/aromatic N) is 2. The van der Waals surface area contributed by atoms with Crippen molar-refractivity contribution in [2.24, 2.45) is 0 Å². The standard InChI is InChI=1S/C8H6F3N3O2/c9-8(10,11)16-6-4(2-12)1-5(3-15)14-7(6)13/h1,15H,3H2,(H2,13,14). The zero-order chi connectivity index (χ0) is 12.3. The van der Waals surface area contributed by atoms with Gasteiger partial charge in [-0.25, -0.2) is 4.98 Å². The Hall–Kier alpha value is -2.01. The third-order valence-corrected chi connectivity index (χ3v) is 1.55. The molecule has 0 bridgehead atoms. The molecule has 0 amide bonds. The minimum absolute atomic E-state index is 0.0106. The number of halogens is 3. The van der Waals surface area contributed by atoms with Crippen LogP contribution in [0.4, 0.5) is 19.0 Å². The summed E-state index contributed by atoms with van der Waals surface area (Å²) in [5.41, 5.74) is 4.74. The number of aromatic nitrogens is 1. The van der Waals surface area contributed by atoms with Crippen LogP contribution in [0.1, 0.15) is 11.3 Å². The van der Waals surface area contributed by atoms with Crippen molar-refractivity contribution in [3.63, 3.8) is 0 Å². The second-order valence-electron chi connectivity index (χ2n) is 2.69. The number of hydrogen-bond donors (Lipinski definition) is 2. The number of pyridine rings is 1. The number of nitrogens with two attached hydrogens (primary N) is 1. The molecule has 0 atom stereocenters. The molecule has 16 heavy (non-hydrogen) atoms. The summed E-state index contributed by atoms with van der Waals surface area (Å²) in [6, 6.07) is 2.45. The lowest BCUT2D eigenvalue weighted by atomic mass is 10.2. The molecule has 86 valence electrons. The van der Waals surface area contributed by atoms with Gasteiger partial charge in [-0.2, -0.15) is 5.26 Å². The van der Waals surface area contributed by atoms with Gasteiger partial charge in [-0.1, -0.05) is 0 Å². The smallest absolute Gasteiger partial charge is 0.400 e. The number of rotatable bonds is 2. The molecule has 1 rings (SSSR count). The molecule has 1 heterocycles. The molecule has 0 saturated heterocycles. The van der Waals surface area contributed by atoms with Crippen LogP contribution in [0.3, 0.4) is 0 Å². The summed E-state index contributed by atoms with van der Waals surface area (Å²) in [5, 5.41) is 17.3. The normalized spacial score (nSPS) is 10.9. The molecule has 0 aromatic carbocycles. The van der Waals surface area contributed by atoms with E-state index in [4.69, 9.17) is 16.1 Å². The van der Waals surface area contributed by atoms with Crippen molar-refractivity contribution >= 4 is 5.82 Å². The van der Waals surface area contributed by atoms with E-state index in [1.165, 1.54) is 6.07 Å². The first-order valence-electron chi connectivity index (χ1n) is 3.93. The van der Waals surface area contributed by atoms with E-state index in [0.717, 1.165) is 6.07 Å². The van der Waals surface area contributed by atoms with Gasteiger partial charge in [0.25, 0.3) is 0 Å². The average Bonchev–Trinajstić information content (AvgIpc) is 2.19. The third-order valence-electron chi connectivity index (χ3n) is 1.55. The van der Waals surface area contributed by atoms with E-state index in [0.29, 0.717) is 0 Å². The number of aliphatic hydroxyl groups is 1. The van der Waals surface area contributed by atoms with Gasteiger partial charge in [0.05, 0.1) is 12.3 Å². The summed E-state index contributed by atoms with van der Waals surface area (Å²) in [6.07, 6.45) is -4.96. The molecular formula is C8H6F3N3O2. The van der Waals surface area contributed by atoms with Gasteiger partial charge in [-0.3, -0.25) is 0 Å². The zero-order valence-electron chi connectivity index (χ0n) is 7.75. The predicted octanol–water partition coefficient (Wildman–Crippen LogP) is 0.926. The highest BCUT2D eigenvalue weighted by molar-refractivity contribution is 5.57. The SMILES string of the molecule is N#Cc1cc(CO)nc(N)c1OC(F)(F)F. The number of ether oxygens (including phenoxy) is 1. The second kappa shape index (κ2) is 4.24. The van der Waals surface area contributed by atoms with Crippen molar-refractivity contribution in [2.45, 2.75) is 13.0 Å². The van der Waals surface area contributed by atoms with Crippen LogP contribution in [-0.4, -0.2) is 16.5 Å². The van der Waals surface area contributed by atoms with Gasteiger partial charge in [-0.05, 0) is 6.07 Å². The van der Waals surface area contributed by atoms with Crippen LogP contribution in [0.15, 0.2) is 6.07 Å². The molecule has 0 aliphatic rings. The van der Waals surface area contributed by atoms with Crippen LogP contribution in [0, 0.1) is 11.3 Å². The molecule has 0 spiro atoms. The first-order valence-corrected chi connectivity index (χ1v) is 3.93. The third kappa shape index (κ3) is 2.74. The maximum absolute atomic E-state index is 12.0. The zero-order valence-corrected chi connectivity index (χ0v) is 7.75. The summed E-state index contributed by atoms with van der Waals surface area (Å²) < 4.78 is 39.4. The molecule has 0 radical (unpaired) electrons. The second-order valence-corrected chi connectivity index (χ2v) is 2.69. The van der Waals surface area contributed by atoms with E-state index < -0.39 is 30.1 Å². The summed E-state index contributed by atoms with van der Waals surface area (Å²) in [7, 11) is 0. The quantitative estimate of drug-likeness (QED) is 0.792. The van der Waals surface area contributed by atoms with E-state index in [-0.39, 0.29) is 5.69 Å². The van der Waals surface area contributed by atoms with Crippen molar-refractivity contribution in [3.8, 4) is 11.8 Å². The highest BCUT2D eigenvalue weighted by Gasteiger charge is 2.33. The minimum Gasteiger partial charge on any atom is -0.400 e. The Bertz CT molecular complexity index is 439. The first kappa shape index (κ1) is 12.1. The van der Waals surface area contributed by atoms with Crippen LogP contribution in [0.2, 0.25) is 0 Å². The fourth-order valence-corrected chi connectivity index (χ4v) is 0.995. The largest absolute Gasteiger partial charge is 0.573 e. The van der Waals surface area contributed by atoms with Crippen molar-refractivity contribution in [3.05, 3.63) is 17.3 Å². The molecular weight excluding hydrogens is 227 g/mol. The lowest BCUT2D eigenvalue weighted by Crippen LogP contribution is -2.19. The van der Waals surface area contributed by atoms with E-state index >= 15 is 0 Å². The molecule has 3 N–H and O–H groups in total. The van der Waals surface area contributed by atoms with Crippen molar-refractivity contribution in [1.29, 1.82) is 5.26 Å². The lowest BCUT2D eigenvalue weighted by molar-refractivity contribution is -0.274. The van der Waals surface area contributed by atoms with Crippen LogP contribution < -0.4 is 10.5 Å². The lowest BCUT2D eigenvalue weighted by Gasteiger charge is -2.12. The highest BCUT2D eigenvalue weighted by atomic mass is 19.4. The Morgan fingerprint density at radius 2 is 2.19 bits per heavy atom. The molecule has 1 aromatic rings. The van der Waals surface area contributed by atoms with Gasteiger partial charge in [-0.15, -0.1) is 13.2 Å². The molecule has 5 nitrogen and oxygen atoms in total. The van der Waals surface area contributed by atoms with E-state index in [1.807, 2.05) is 0 Å². The van der Waals surface area contributed by atoms with Gasteiger partial charge >= 0.3 is 6.36 Å². The maximum Gasteiger partial charge on any atom is 0.573 e. The van der Waals surface area contributed by atoms with E-state index in [2.05, 4.69) is 9.72 Å².